The fraction of sp³-hybridized carbons (Fsp3) is 0.600. The van der Waals surface area contributed by atoms with Crippen LogP contribution in [0.1, 0.15) is 24.8 Å². The topological polar surface area (TPSA) is 67.4 Å². The number of hydrogen-bond donors (Lipinski definition) is 2. The first-order chi connectivity index (χ1) is 10.1. The van der Waals surface area contributed by atoms with Crippen LogP contribution in [0.2, 0.25) is 0 Å². The molecule has 21 heavy (non-hydrogen) atoms. The Morgan fingerprint density at radius 1 is 1.19 bits per heavy atom. The van der Waals surface area contributed by atoms with Gasteiger partial charge in [-0.2, -0.15) is 0 Å². The smallest absolute Gasteiger partial charge is 0.240 e. The minimum Gasteiger partial charge on any atom is -0.385 e. The molecule has 0 amide bonds. The van der Waals surface area contributed by atoms with Gasteiger partial charge in [0.2, 0.25) is 10.0 Å². The molecule has 1 aliphatic carbocycles. The van der Waals surface area contributed by atoms with Gasteiger partial charge in [-0.3, -0.25) is 0 Å². The molecule has 1 fully saturated rings. The van der Waals surface area contributed by atoms with Crippen molar-refractivity contribution in [2.24, 2.45) is 0 Å². The van der Waals surface area contributed by atoms with E-state index in [-0.39, 0.29) is 0 Å². The summed E-state index contributed by atoms with van der Waals surface area (Å²) in [6.07, 6.45) is 4.16. The van der Waals surface area contributed by atoms with Gasteiger partial charge in [0.1, 0.15) is 0 Å². The Bertz CT molecular complexity index is 524. The molecular formula is C15H24N2O3S. The van der Waals surface area contributed by atoms with Crippen molar-refractivity contribution in [2.75, 3.05) is 26.8 Å². The molecule has 0 spiro atoms. The summed E-state index contributed by atoms with van der Waals surface area (Å²) in [6, 6.07) is 7.83. The molecule has 2 rings (SSSR count). The van der Waals surface area contributed by atoms with Crippen LogP contribution < -0.4 is 10.0 Å². The molecule has 5 nitrogen and oxygen atoms in total. The zero-order valence-electron chi connectivity index (χ0n) is 12.5. The van der Waals surface area contributed by atoms with Gasteiger partial charge >= 0.3 is 0 Å². The van der Waals surface area contributed by atoms with E-state index in [9.17, 15) is 8.42 Å². The highest BCUT2D eigenvalue weighted by molar-refractivity contribution is 7.89. The summed E-state index contributed by atoms with van der Waals surface area (Å²) in [7, 11) is -1.80. The Morgan fingerprint density at radius 2 is 1.90 bits per heavy atom. The van der Waals surface area contributed by atoms with Crippen LogP contribution in [0.15, 0.2) is 29.2 Å². The highest BCUT2D eigenvalue weighted by atomic mass is 32.2. The van der Waals surface area contributed by atoms with Crippen LogP contribution in [-0.2, 0) is 21.2 Å². The van der Waals surface area contributed by atoms with Crippen molar-refractivity contribution in [3.63, 3.8) is 0 Å². The summed E-state index contributed by atoms with van der Waals surface area (Å²) in [5, 5.41) is 3.45. The number of nitrogens with one attached hydrogen (secondary N) is 2. The van der Waals surface area contributed by atoms with Gasteiger partial charge in [0, 0.05) is 26.3 Å². The number of ether oxygens (including phenoxy) is 1. The van der Waals surface area contributed by atoms with Crippen LogP contribution >= 0.6 is 0 Å². The molecular weight excluding hydrogens is 288 g/mol. The molecule has 0 saturated heterocycles. The van der Waals surface area contributed by atoms with Gasteiger partial charge in [-0.1, -0.05) is 12.1 Å². The molecule has 118 valence electrons. The zero-order chi connectivity index (χ0) is 15.1. The van der Waals surface area contributed by atoms with Crippen molar-refractivity contribution in [3.8, 4) is 0 Å². The molecule has 0 radical (unpaired) electrons. The van der Waals surface area contributed by atoms with Crippen LogP contribution in [0.4, 0.5) is 0 Å². The lowest BCUT2D eigenvalue weighted by Crippen LogP contribution is -2.25. The van der Waals surface area contributed by atoms with Gasteiger partial charge < -0.3 is 10.1 Å². The third-order valence-electron chi connectivity index (χ3n) is 3.48. The van der Waals surface area contributed by atoms with Crippen molar-refractivity contribution >= 4 is 10.0 Å². The monoisotopic (exact) mass is 312 g/mol. The molecule has 0 aromatic heterocycles. The first-order valence-corrected chi connectivity index (χ1v) is 8.91. The molecule has 0 aliphatic heterocycles. The van der Waals surface area contributed by atoms with E-state index in [4.69, 9.17) is 4.74 Å². The highest BCUT2D eigenvalue weighted by Crippen LogP contribution is 2.18. The van der Waals surface area contributed by atoms with Crippen LogP contribution in [0.3, 0.4) is 0 Å². The van der Waals surface area contributed by atoms with E-state index in [1.807, 2.05) is 12.1 Å². The van der Waals surface area contributed by atoms with E-state index in [0.29, 0.717) is 30.5 Å². The van der Waals surface area contributed by atoms with E-state index in [1.165, 1.54) is 12.8 Å². The SMILES string of the molecule is COCCCNS(=O)(=O)c1ccc(CCNC2CC2)cc1. The predicted octanol–water partition coefficient (Wildman–Crippen LogP) is 1.30. The molecule has 6 heteroatoms. The first-order valence-electron chi connectivity index (χ1n) is 7.43. The summed E-state index contributed by atoms with van der Waals surface area (Å²) in [6.45, 7) is 1.89. The van der Waals surface area contributed by atoms with Crippen molar-refractivity contribution in [1.29, 1.82) is 0 Å². The van der Waals surface area contributed by atoms with E-state index in [1.54, 1.807) is 19.2 Å². The second kappa shape index (κ2) is 7.89. The van der Waals surface area contributed by atoms with Crippen LogP contribution in [0, 0.1) is 0 Å². The lowest BCUT2D eigenvalue weighted by atomic mass is 10.1. The zero-order valence-corrected chi connectivity index (χ0v) is 13.3. The highest BCUT2D eigenvalue weighted by Gasteiger charge is 2.19. The van der Waals surface area contributed by atoms with Gasteiger partial charge in [-0.05, 0) is 49.9 Å². The lowest BCUT2D eigenvalue weighted by molar-refractivity contribution is 0.196. The lowest BCUT2D eigenvalue weighted by Gasteiger charge is -2.08. The molecule has 0 bridgehead atoms. The number of benzene rings is 1. The Hall–Kier alpha value is -0.950. The normalized spacial score (nSPS) is 15.3. The van der Waals surface area contributed by atoms with Crippen molar-refractivity contribution in [1.82, 2.24) is 10.0 Å². The Morgan fingerprint density at radius 3 is 2.52 bits per heavy atom. The fourth-order valence-electron chi connectivity index (χ4n) is 2.05. The minimum absolute atomic E-state index is 0.318. The third-order valence-corrected chi connectivity index (χ3v) is 4.95. The summed E-state index contributed by atoms with van der Waals surface area (Å²) >= 11 is 0. The van der Waals surface area contributed by atoms with Gasteiger partial charge in [0.15, 0.2) is 0 Å². The molecule has 0 unspecified atom stereocenters. The average molecular weight is 312 g/mol. The Labute approximate surface area is 127 Å². The summed E-state index contributed by atoms with van der Waals surface area (Å²) in [4.78, 5) is 0.318. The quantitative estimate of drug-likeness (QED) is 0.639. The predicted molar refractivity (Wildman–Crippen MR) is 82.9 cm³/mol. The molecule has 1 aromatic carbocycles. The summed E-state index contributed by atoms with van der Waals surface area (Å²) < 4.78 is 31.6. The maximum absolute atomic E-state index is 12.1. The molecule has 1 saturated carbocycles. The summed E-state index contributed by atoms with van der Waals surface area (Å²) in [5.74, 6) is 0. The average Bonchev–Trinajstić information content (AvgIpc) is 3.28. The maximum Gasteiger partial charge on any atom is 0.240 e. The van der Waals surface area contributed by atoms with E-state index < -0.39 is 10.0 Å². The molecule has 2 N–H and O–H groups in total. The molecule has 1 aliphatic rings. The van der Waals surface area contributed by atoms with Crippen LogP contribution in [0.25, 0.3) is 0 Å². The van der Waals surface area contributed by atoms with Crippen LogP contribution in [0.5, 0.6) is 0 Å². The minimum atomic E-state index is -3.40. The van der Waals surface area contributed by atoms with Gasteiger partial charge in [0.05, 0.1) is 4.90 Å². The maximum atomic E-state index is 12.1. The Balaban J connectivity index is 1.81. The molecule has 0 heterocycles. The van der Waals surface area contributed by atoms with Crippen molar-refractivity contribution in [3.05, 3.63) is 29.8 Å². The molecule has 1 aromatic rings. The number of sulfonamides is 1. The van der Waals surface area contributed by atoms with Gasteiger partial charge in [-0.15, -0.1) is 0 Å². The first kappa shape index (κ1) is 16.4. The van der Waals surface area contributed by atoms with Gasteiger partial charge in [0.25, 0.3) is 0 Å². The molecule has 0 atom stereocenters. The number of methoxy groups -OCH3 is 1. The van der Waals surface area contributed by atoms with Crippen LogP contribution in [-0.4, -0.2) is 41.3 Å². The largest absolute Gasteiger partial charge is 0.385 e. The second-order valence-electron chi connectivity index (χ2n) is 5.37. The fourth-order valence-corrected chi connectivity index (χ4v) is 3.12. The van der Waals surface area contributed by atoms with E-state index in [2.05, 4.69) is 10.0 Å². The number of hydrogen-bond acceptors (Lipinski definition) is 4. The van der Waals surface area contributed by atoms with Crippen molar-refractivity contribution in [2.45, 2.75) is 36.6 Å². The summed E-state index contributed by atoms with van der Waals surface area (Å²) in [5.41, 5.74) is 1.15. The van der Waals surface area contributed by atoms with Gasteiger partial charge in [-0.25, -0.2) is 13.1 Å². The van der Waals surface area contributed by atoms with E-state index in [0.717, 1.165) is 18.5 Å². The van der Waals surface area contributed by atoms with Crippen molar-refractivity contribution < 1.29 is 13.2 Å². The Kier molecular flexibility index (Phi) is 6.17. The third kappa shape index (κ3) is 5.74. The van der Waals surface area contributed by atoms with E-state index >= 15 is 0 Å². The number of rotatable bonds is 10. The second-order valence-corrected chi connectivity index (χ2v) is 7.13. The standard InChI is InChI=1S/C15H24N2O3S/c1-20-12-2-10-17-21(18,19)15-7-3-13(4-8-15)9-11-16-14-5-6-14/h3-4,7-8,14,16-17H,2,5-6,9-12H2,1H3.